The van der Waals surface area contributed by atoms with Crippen molar-refractivity contribution in [2.24, 2.45) is 0 Å². The molecule has 7 nitrogen and oxygen atoms in total. The molecule has 0 unspecified atom stereocenters. The fraction of sp³-hybridized carbons (Fsp3) is 0.0833. The van der Waals surface area contributed by atoms with Gasteiger partial charge < -0.3 is 4.42 Å². The fourth-order valence-corrected chi connectivity index (χ4v) is 2.87. The standard InChI is InChI=1S/C12H9ClN4O3S/c1-7-15-16-12(20-7)17-21(18,19)9-3-4-10-8(6-9)2-5-11(13)14-10/h2-6H,1H3,(H,16,17). The van der Waals surface area contributed by atoms with Crippen LogP contribution < -0.4 is 4.72 Å². The van der Waals surface area contributed by atoms with Crippen molar-refractivity contribution in [3.05, 3.63) is 41.4 Å². The lowest BCUT2D eigenvalue weighted by molar-refractivity contribution is 0.534. The van der Waals surface area contributed by atoms with Crippen LogP contribution in [0.2, 0.25) is 5.15 Å². The lowest BCUT2D eigenvalue weighted by atomic mass is 10.2. The minimum absolute atomic E-state index is 0.0648. The molecule has 0 aliphatic carbocycles. The van der Waals surface area contributed by atoms with Gasteiger partial charge in [0.05, 0.1) is 10.4 Å². The van der Waals surface area contributed by atoms with Gasteiger partial charge in [-0.25, -0.2) is 18.1 Å². The summed E-state index contributed by atoms with van der Waals surface area (Å²) in [6, 6.07) is 7.60. The summed E-state index contributed by atoms with van der Waals surface area (Å²) in [5.74, 6) is 0.269. The van der Waals surface area contributed by atoms with E-state index in [1.807, 2.05) is 0 Å². The second-order valence-corrected chi connectivity index (χ2v) is 6.29. The minimum atomic E-state index is -3.81. The van der Waals surface area contributed by atoms with Gasteiger partial charge in [0, 0.05) is 12.3 Å². The Morgan fingerprint density at radius 3 is 2.71 bits per heavy atom. The summed E-state index contributed by atoms with van der Waals surface area (Å²) in [6.45, 7) is 1.57. The zero-order valence-electron chi connectivity index (χ0n) is 10.7. The maximum absolute atomic E-state index is 12.2. The van der Waals surface area contributed by atoms with Crippen LogP contribution in [0.15, 0.2) is 39.6 Å². The van der Waals surface area contributed by atoms with Crippen LogP contribution in [0.5, 0.6) is 0 Å². The zero-order valence-corrected chi connectivity index (χ0v) is 12.3. The second-order valence-electron chi connectivity index (χ2n) is 4.22. The zero-order chi connectivity index (χ0) is 15.0. The summed E-state index contributed by atoms with van der Waals surface area (Å²) in [7, 11) is -3.81. The van der Waals surface area contributed by atoms with Crippen LogP contribution in [0, 0.1) is 6.92 Å². The highest BCUT2D eigenvalue weighted by Gasteiger charge is 2.18. The Morgan fingerprint density at radius 1 is 1.19 bits per heavy atom. The number of benzene rings is 1. The number of rotatable bonds is 3. The van der Waals surface area contributed by atoms with Crippen LogP contribution in [-0.4, -0.2) is 23.6 Å². The Labute approximate surface area is 125 Å². The molecule has 0 aliphatic rings. The molecular weight excluding hydrogens is 316 g/mol. The van der Waals surface area contributed by atoms with Crippen LogP contribution in [0.4, 0.5) is 6.01 Å². The highest BCUT2D eigenvalue weighted by atomic mass is 35.5. The third kappa shape index (κ3) is 2.81. The number of hydrogen-bond acceptors (Lipinski definition) is 6. The second kappa shape index (κ2) is 4.97. The smallest absolute Gasteiger partial charge is 0.329 e. The third-order valence-corrected chi connectivity index (χ3v) is 4.21. The Hall–Kier alpha value is -2.19. The third-order valence-electron chi connectivity index (χ3n) is 2.68. The van der Waals surface area contributed by atoms with Crippen molar-refractivity contribution in [3.8, 4) is 0 Å². The predicted molar refractivity (Wildman–Crippen MR) is 76.6 cm³/mol. The van der Waals surface area contributed by atoms with Crippen LogP contribution in [0.1, 0.15) is 5.89 Å². The molecule has 0 spiro atoms. The van der Waals surface area contributed by atoms with Crippen molar-refractivity contribution in [2.45, 2.75) is 11.8 Å². The first-order chi connectivity index (χ1) is 9.94. The van der Waals surface area contributed by atoms with Crippen LogP contribution >= 0.6 is 11.6 Å². The molecule has 1 N–H and O–H groups in total. The molecule has 0 saturated heterocycles. The number of sulfonamides is 1. The van der Waals surface area contributed by atoms with Crippen molar-refractivity contribution < 1.29 is 12.8 Å². The number of aryl methyl sites for hydroxylation is 1. The van der Waals surface area contributed by atoms with Crippen molar-refractivity contribution in [3.63, 3.8) is 0 Å². The molecule has 0 bridgehead atoms. The Balaban J connectivity index is 2.00. The van der Waals surface area contributed by atoms with Gasteiger partial charge in [0.1, 0.15) is 5.15 Å². The summed E-state index contributed by atoms with van der Waals surface area (Å²) in [5.41, 5.74) is 0.607. The highest BCUT2D eigenvalue weighted by molar-refractivity contribution is 7.92. The Bertz CT molecular complexity index is 923. The van der Waals surface area contributed by atoms with Crippen molar-refractivity contribution in [1.29, 1.82) is 0 Å². The lowest BCUT2D eigenvalue weighted by Gasteiger charge is -2.05. The highest BCUT2D eigenvalue weighted by Crippen LogP contribution is 2.21. The molecule has 0 atom stereocenters. The number of nitrogens with one attached hydrogen (secondary N) is 1. The van der Waals surface area contributed by atoms with E-state index >= 15 is 0 Å². The maximum atomic E-state index is 12.2. The molecule has 0 amide bonds. The number of fused-ring (bicyclic) bond motifs is 1. The van der Waals surface area contributed by atoms with Crippen LogP contribution in [0.25, 0.3) is 10.9 Å². The molecule has 21 heavy (non-hydrogen) atoms. The van der Waals surface area contributed by atoms with Gasteiger partial charge in [-0.05, 0) is 30.3 Å². The van der Waals surface area contributed by atoms with Gasteiger partial charge in [-0.2, -0.15) is 0 Å². The van der Waals surface area contributed by atoms with Crippen molar-refractivity contribution >= 4 is 38.5 Å². The van der Waals surface area contributed by atoms with Gasteiger partial charge in [-0.15, -0.1) is 5.10 Å². The van der Waals surface area contributed by atoms with E-state index in [4.69, 9.17) is 16.0 Å². The molecule has 0 aliphatic heterocycles. The SMILES string of the molecule is Cc1nnc(NS(=O)(=O)c2ccc3nc(Cl)ccc3c2)o1. The summed E-state index contributed by atoms with van der Waals surface area (Å²) < 4.78 is 31.7. The van der Waals surface area contributed by atoms with E-state index in [1.165, 1.54) is 12.1 Å². The molecule has 3 rings (SSSR count). The number of nitrogens with zero attached hydrogens (tertiary/aromatic N) is 3. The summed E-state index contributed by atoms with van der Waals surface area (Å²) in [5, 5.41) is 8.15. The average Bonchev–Trinajstić information content (AvgIpc) is 2.82. The van der Waals surface area contributed by atoms with E-state index < -0.39 is 10.0 Å². The molecule has 0 fully saturated rings. The maximum Gasteiger partial charge on any atom is 0.329 e. The first kappa shape index (κ1) is 13.8. The fourth-order valence-electron chi connectivity index (χ4n) is 1.76. The Kier molecular flexibility index (Phi) is 3.26. The van der Waals surface area contributed by atoms with Gasteiger partial charge in [0.2, 0.25) is 5.89 Å². The van der Waals surface area contributed by atoms with E-state index in [-0.39, 0.29) is 16.8 Å². The first-order valence-corrected chi connectivity index (χ1v) is 7.69. The van der Waals surface area contributed by atoms with E-state index in [0.29, 0.717) is 16.1 Å². The largest absolute Gasteiger partial charge is 0.408 e. The number of halogens is 1. The first-order valence-electron chi connectivity index (χ1n) is 5.83. The number of hydrogen-bond donors (Lipinski definition) is 1. The molecule has 1 aromatic carbocycles. The topological polar surface area (TPSA) is 98.0 Å². The molecule has 9 heteroatoms. The molecule has 108 valence electrons. The molecule has 2 aromatic heterocycles. The van der Waals surface area contributed by atoms with Gasteiger partial charge >= 0.3 is 6.01 Å². The summed E-state index contributed by atoms with van der Waals surface area (Å²) in [4.78, 5) is 4.16. The normalized spacial score (nSPS) is 11.7. The molecule has 0 saturated carbocycles. The van der Waals surface area contributed by atoms with Gasteiger partial charge in [-0.1, -0.05) is 16.7 Å². The van der Waals surface area contributed by atoms with Crippen LogP contribution in [-0.2, 0) is 10.0 Å². The van der Waals surface area contributed by atoms with E-state index in [0.717, 1.165) is 0 Å². The molecular formula is C12H9ClN4O3S. The number of anilines is 1. The summed E-state index contributed by atoms with van der Waals surface area (Å²) >= 11 is 5.79. The van der Waals surface area contributed by atoms with Crippen molar-refractivity contribution in [2.75, 3.05) is 4.72 Å². The van der Waals surface area contributed by atoms with Crippen molar-refractivity contribution in [1.82, 2.24) is 15.2 Å². The molecule has 3 aromatic rings. The lowest BCUT2D eigenvalue weighted by Crippen LogP contribution is -2.13. The number of pyridine rings is 1. The van der Waals surface area contributed by atoms with E-state index in [9.17, 15) is 8.42 Å². The number of aromatic nitrogens is 3. The monoisotopic (exact) mass is 324 g/mol. The Morgan fingerprint density at radius 2 is 2.00 bits per heavy atom. The van der Waals surface area contributed by atoms with Gasteiger partial charge in [0.15, 0.2) is 0 Å². The van der Waals surface area contributed by atoms with Gasteiger partial charge in [-0.3, -0.25) is 0 Å². The molecule has 2 heterocycles. The van der Waals surface area contributed by atoms with Crippen LogP contribution in [0.3, 0.4) is 0 Å². The van der Waals surface area contributed by atoms with E-state index in [1.54, 1.807) is 25.1 Å². The quantitative estimate of drug-likeness (QED) is 0.743. The summed E-state index contributed by atoms with van der Waals surface area (Å²) in [6.07, 6.45) is 0. The predicted octanol–water partition coefficient (Wildman–Crippen LogP) is 2.38. The molecule has 0 radical (unpaired) electrons. The van der Waals surface area contributed by atoms with E-state index in [2.05, 4.69) is 19.9 Å². The van der Waals surface area contributed by atoms with Gasteiger partial charge in [0.25, 0.3) is 10.0 Å². The minimum Gasteiger partial charge on any atom is -0.408 e. The average molecular weight is 325 g/mol.